The van der Waals surface area contributed by atoms with E-state index in [0.717, 1.165) is 11.1 Å². The topological polar surface area (TPSA) is 77.9 Å². The molecule has 1 aromatic heterocycles. The number of carbonyl (C=O) groups is 3. The molecule has 1 aliphatic rings. The van der Waals surface area contributed by atoms with Gasteiger partial charge in [-0.05, 0) is 29.9 Å². The van der Waals surface area contributed by atoms with E-state index in [9.17, 15) is 19.5 Å². The third kappa shape index (κ3) is 4.36. The number of carboxylic acid groups (broad SMARTS) is 1. The number of likely N-dealkylation sites (N-methyl/N-ethyl adjacent to an activating group) is 1. The summed E-state index contributed by atoms with van der Waals surface area (Å²) in [4.78, 5) is 40.1. The molecular formula is C20H22N2O4S. The summed E-state index contributed by atoms with van der Waals surface area (Å²) in [6.45, 7) is 0.695. The summed E-state index contributed by atoms with van der Waals surface area (Å²) in [5.41, 5.74) is 1.82. The Morgan fingerprint density at radius 1 is 1.22 bits per heavy atom. The summed E-state index contributed by atoms with van der Waals surface area (Å²) in [5.74, 6) is -1.81. The van der Waals surface area contributed by atoms with E-state index >= 15 is 0 Å². The van der Waals surface area contributed by atoms with Crippen molar-refractivity contribution in [3.63, 3.8) is 0 Å². The molecule has 1 atom stereocenters. The van der Waals surface area contributed by atoms with E-state index in [4.69, 9.17) is 0 Å². The number of thiophene rings is 1. The number of nitrogens with zero attached hydrogens (tertiary/aromatic N) is 2. The van der Waals surface area contributed by atoms with Gasteiger partial charge in [-0.3, -0.25) is 14.4 Å². The first kappa shape index (κ1) is 19.1. The summed E-state index contributed by atoms with van der Waals surface area (Å²) in [7, 11) is 1.60. The first-order chi connectivity index (χ1) is 13.0. The number of benzene rings is 1. The van der Waals surface area contributed by atoms with Crippen molar-refractivity contribution in [2.45, 2.75) is 12.8 Å². The van der Waals surface area contributed by atoms with Crippen molar-refractivity contribution in [3.05, 3.63) is 46.7 Å². The fraction of sp³-hybridized carbons (Fsp3) is 0.350. The maximum atomic E-state index is 12.9. The average molecular weight is 386 g/mol. The zero-order chi connectivity index (χ0) is 19.4. The van der Waals surface area contributed by atoms with E-state index in [2.05, 4.69) is 0 Å². The zero-order valence-corrected chi connectivity index (χ0v) is 15.9. The lowest BCUT2D eigenvalue weighted by Gasteiger charge is -2.32. The van der Waals surface area contributed by atoms with Crippen LogP contribution in [0.15, 0.2) is 41.8 Å². The second-order valence-corrected chi connectivity index (χ2v) is 7.62. The lowest BCUT2D eigenvalue weighted by molar-refractivity contribution is -0.145. The van der Waals surface area contributed by atoms with Gasteiger partial charge in [-0.1, -0.05) is 30.3 Å². The van der Waals surface area contributed by atoms with Gasteiger partial charge in [0.05, 0.1) is 17.3 Å². The Kier molecular flexibility index (Phi) is 5.91. The van der Waals surface area contributed by atoms with Gasteiger partial charge in [0.2, 0.25) is 5.91 Å². The maximum Gasteiger partial charge on any atom is 0.308 e. The molecule has 0 spiro atoms. The fourth-order valence-electron chi connectivity index (χ4n) is 3.27. The van der Waals surface area contributed by atoms with Crippen molar-refractivity contribution in [2.75, 3.05) is 26.7 Å². The third-order valence-corrected chi connectivity index (χ3v) is 5.69. The van der Waals surface area contributed by atoms with Crippen LogP contribution in [-0.4, -0.2) is 59.4 Å². The molecule has 2 amide bonds. The van der Waals surface area contributed by atoms with Gasteiger partial charge in [0.25, 0.3) is 5.91 Å². The van der Waals surface area contributed by atoms with Gasteiger partial charge in [-0.25, -0.2) is 0 Å². The summed E-state index contributed by atoms with van der Waals surface area (Å²) >= 11 is 1.35. The molecule has 2 heterocycles. The van der Waals surface area contributed by atoms with E-state index in [1.54, 1.807) is 11.9 Å². The lowest BCUT2D eigenvalue weighted by atomic mass is 9.98. The monoisotopic (exact) mass is 386 g/mol. The van der Waals surface area contributed by atoms with Gasteiger partial charge < -0.3 is 14.9 Å². The second-order valence-electron chi connectivity index (χ2n) is 6.71. The van der Waals surface area contributed by atoms with Crippen LogP contribution in [0.1, 0.15) is 22.5 Å². The van der Waals surface area contributed by atoms with E-state index in [1.165, 1.54) is 16.2 Å². The number of piperidine rings is 1. The fourth-order valence-corrected chi connectivity index (χ4v) is 4.18. The predicted octanol–water partition coefficient (Wildman–Crippen LogP) is 2.81. The van der Waals surface area contributed by atoms with Gasteiger partial charge in [-0.2, -0.15) is 0 Å². The summed E-state index contributed by atoms with van der Waals surface area (Å²) in [5, 5.41) is 11.0. The van der Waals surface area contributed by atoms with Crippen molar-refractivity contribution in [3.8, 4) is 11.1 Å². The molecule has 7 heteroatoms. The molecule has 0 saturated carbocycles. The van der Waals surface area contributed by atoms with Crippen LogP contribution in [-0.2, 0) is 9.59 Å². The van der Waals surface area contributed by atoms with Crippen LogP contribution in [0.5, 0.6) is 0 Å². The van der Waals surface area contributed by atoms with Crippen LogP contribution in [0.4, 0.5) is 0 Å². The van der Waals surface area contributed by atoms with E-state index in [1.807, 2.05) is 41.8 Å². The van der Waals surface area contributed by atoms with E-state index in [-0.39, 0.29) is 24.9 Å². The minimum absolute atomic E-state index is 0.0582. The molecule has 1 aromatic carbocycles. The van der Waals surface area contributed by atoms with Crippen molar-refractivity contribution in [1.29, 1.82) is 0 Å². The first-order valence-electron chi connectivity index (χ1n) is 8.86. The quantitative estimate of drug-likeness (QED) is 0.857. The van der Waals surface area contributed by atoms with Crippen LogP contribution < -0.4 is 0 Å². The predicted molar refractivity (Wildman–Crippen MR) is 104 cm³/mol. The Hall–Kier alpha value is -2.67. The minimum atomic E-state index is -0.872. The number of amides is 2. The number of carboxylic acids is 1. The van der Waals surface area contributed by atoms with Crippen molar-refractivity contribution < 1.29 is 19.5 Å². The number of aliphatic carboxylic acids is 1. The number of hydrogen-bond donors (Lipinski definition) is 1. The Morgan fingerprint density at radius 3 is 2.67 bits per heavy atom. The summed E-state index contributed by atoms with van der Waals surface area (Å²) < 4.78 is 0. The molecule has 3 rings (SSSR count). The number of rotatable bonds is 5. The molecule has 6 nitrogen and oxygen atoms in total. The third-order valence-electron chi connectivity index (χ3n) is 4.79. The van der Waals surface area contributed by atoms with Crippen LogP contribution in [0.2, 0.25) is 0 Å². The molecule has 2 aromatic rings. The Bertz CT molecular complexity index is 834. The highest BCUT2D eigenvalue weighted by atomic mass is 32.1. The molecule has 0 bridgehead atoms. The molecule has 0 aliphatic carbocycles. The molecule has 0 radical (unpaired) electrons. The van der Waals surface area contributed by atoms with Crippen LogP contribution in [0.3, 0.4) is 0 Å². The molecule has 1 fully saturated rings. The van der Waals surface area contributed by atoms with Crippen LogP contribution in [0.25, 0.3) is 11.1 Å². The highest BCUT2D eigenvalue weighted by Crippen LogP contribution is 2.29. The van der Waals surface area contributed by atoms with Crippen molar-refractivity contribution >= 4 is 29.1 Å². The summed E-state index contributed by atoms with van der Waals surface area (Å²) in [6.07, 6.45) is 1.26. The molecule has 1 unspecified atom stereocenters. The van der Waals surface area contributed by atoms with Gasteiger partial charge in [0.15, 0.2) is 0 Å². The van der Waals surface area contributed by atoms with Crippen LogP contribution >= 0.6 is 11.3 Å². The smallest absolute Gasteiger partial charge is 0.308 e. The summed E-state index contributed by atoms with van der Waals surface area (Å²) in [6, 6.07) is 11.6. The molecule has 27 heavy (non-hydrogen) atoms. The van der Waals surface area contributed by atoms with Gasteiger partial charge in [-0.15, -0.1) is 11.3 Å². The van der Waals surface area contributed by atoms with Crippen molar-refractivity contribution in [2.24, 2.45) is 5.92 Å². The Balaban J connectivity index is 1.67. The Morgan fingerprint density at radius 2 is 1.96 bits per heavy atom. The van der Waals surface area contributed by atoms with Gasteiger partial charge in [0, 0.05) is 25.7 Å². The molecule has 1 N–H and O–H groups in total. The largest absolute Gasteiger partial charge is 0.481 e. The van der Waals surface area contributed by atoms with Crippen LogP contribution in [0, 0.1) is 5.92 Å². The number of likely N-dealkylation sites (tertiary alicyclic amines) is 1. The number of carbonyl (C=O) groups excluding carboxylic acids is 2. The molecule has 1 aliphatic heterocycles. The highest BCUT2D eigenvalue weighted by Gasteiger charge is 2.29. The molecule has 1 saturated heterocycles. The first-order valence-corrected chi connectivity index (χ1v) is 9.74. The van der Waals surface area contributed by atoms with Gasteiger partial charge >= 0.3 is 5.97 Å². The standard InChI is InChI=1S/C20H22N2O4S/c1-21(13-17(23)22-10-5-8-15(12-22)20(25)26)19(24)18-16(9-11-27-18)14-6-3-2-4-7-14/h2-4,6-7,9,11,15H,5,8,10,12-13H2,1H3,(H,25,26). The minimum Gasteiger partial charge on any atom is -0.481 e. The van der Waals surface area contributed by atoms with Crippen molar-refractivity contribution in [1.82, 2.24) is 9.80 Å². The van der Waals surface area contributed by atoms with Gasteiger partial charge in [0.1, 0.15) is 0 Å². The number of hydrogen-bond acceptors (Lipinski definition) is 4. The second kappa shape index (κ2) is 8.35. The Labute approximate surface area is 162 Å². The highest BCUT2D eigenvalue weighted by molar-refractivity contribution is 7.12. The SMILES string of the molecule is CN(CC(=O)N1CCCC(C(=O)O)C1)C(=O)c1sccc1-c1ccccc1. The average Bonchev–Trinajstić information content (AvgIpc) is 3.17. The maximum absolute atomic E-state index is 12.9. The zero-order valence-electron chi connectivity index (χ0n) is 15.1. The van der Waals surface area contributed by atoms with E-state index < -0.39 is 11.9 Å². The molecule has 142 valence electrons. The normalized spacial score (nSPS) is 16.8. The molecular weight excluding hydrogens is 364 g/mol. The lowest BCUT2D eigenvalue weighted by Crippen LogP contribution is -2.46. The van der Waals surface area contributed by atoms with E-state index in [0.29, 0.717) is 24.3 Å².